The molecule has 22 heavy (non-hydrogen) atoms. The third kappa shape index (κ3) is 2.22. The highest BCUT2D eigenvalue weighted by Gasteiger charge is 2.12. The van der Waals surface area contributed by atoms with E-state index >= 15 is 0 Å². The molecule has 0 amide bonds. The summed E-state index contributed by atoms with van der Waals surface area (Å²) < 4.78 is 29.3. The average molecular weight is 302 g/mol. The van der Waals surface area contributed by atoms with Gasteiger partial charge in [0.05, 0.1) is 17.4 Å². The molecule has 0 fully saturated rings. The van der Waals surface area contributed by atoms with E-state index < -0.39 is 22.9 Å². The number of nitrogens with zero attached hydrogens (tertiary/aromatic N) is 2. The van der Waals surface area contributed by atoms with Crippen LogP contribution in [-0.4, -0.2) is 9.13 Å². The van der Waals surface area contributed by atoms with E-state index in [1.54, 1.807) is 24.3 Å². The summed E-state index contributed by atoms with van der Waals surface area (Å²) in [6, 6.07) is 9.63. The van der Waals surface area contributed by atoms with E-state index in [0.717, 1.165) is 22.8 Å². The van der Waals surface area contributed by atoms with Gasteiger partial charge >= 0.3 is 5.69 Å². The minimum absolute atomic E-state index is 0.0471. The molecule has 2 aromatic carbocycles. The first-order chi connectivity index (χ1) is 10.5. The van der Waals surface area contributed by atoms with Crippen molar-refractivity contribution in [3.63, 3.8) is 0 Å². The molecule has 0 aliphatic rings. The number of rotatable bonds is 2. The maximum Gasteiger partial charge on any atom is 0.331 e. The Kier molecular flexibility index (Phi) is 3.36. The number of hydrogen-bond donors (Lipinski definition) is 0. The average Bonchev–Trinajstić information content (AvgIpc) is 2.52. The van der Waals surface area contributed by atoms with E-state index in [1.807, 2.05) is 0 Å². The summed E-state index contributed by atoms with van der Waals surface area (Å²) in [5.41, 5.74) is -0.561. The fourth-order valence-corrected chi connectivity index (χ4v) is 2.43. The van der Waals surface area contributed by atoms with Gasteiger partial charge in [0.25, 0.3) is 5.56 Å². The smallest absolute Gasteiger partial charge is 0.289 e. The summed E-state index contributed by atoms with van der Waals surface area (Å²) >= 11 is 0. The van der Waals surface area contributed by atoms with Gasteiger partial charge in [-0.3, -0.25) is 13.9 Å². The van der Waals surface area contributed by atoms with E-state index in [2.05, 4.69) is 0 Å². The van der Waals surface area contributed by atoms with Gasteiger partial charge in [-0.15, -0.1) is 0 Å². The minimum atomic E-state index is -0.605. The Morgan fingerprint density at radius 1 is 1.05 bits per heavy atom. The van der Waals surface area contributed by atoms with Crippen molar-refractivity contribution in [2.24, 2.45) is 7.05 Å². The van der Waals surface area contributed by atoms with E-state index in [4.69, 9.17) is 0 Å². The maximum atomic E-state index is 13.8. The molecule has 0 saturated carbocycles. The second-order valence-electron chi connectivity index (χ2n) is 4.99. The molecule has 0 bridgehead atoms. The Morgan fingerprint density at radius 2 is 1.77 bits per heavy atom. The van der Waals surface area contributed by atoms with Crippen molar-refractivity contribution < 1.29 is 8.78 Å². The fourth-order valence-electron chi connectivity index (χ4n) is 2.43. The number of halogens is 2. The Balaban J connectivity index is 2.29. The lowest BCUT2D eigenvalue weighted by atomic mass is 10.2. The van der Waals surface area contributed by atoms with E-state index in [1.165, 1.54) is 11.6 Å². The number of hydrogen-bond acceptors (Lipinski definition) is 2. The molecule has 4 nitrogen and oxygen atoms in total. The predicted octanol–water partition coefficient (Wildman–Crippen LogP) is 2.03. The van der Waals surface area contributed by atoms with Gasteiger partial charge in [0.2, 0.25) is 0 Å². The monoisotopic (exact) mass is 302 g/mol. The fraction of sp³-hybridized carbons (Fsp3) is 0.125. The normalized spacial score (nSPS) is 11.0. The zero-order valence-corrected chi connectivity index (χ0v) is 11.7. The Morgan fingerprint density at radius 3 is 2.55 bits per heavy atom. The summed E-state index contributed by atoms with van der Waals surface area (Å²) in [7, 11) is 1.36. The lowest BCUT2D eigenvalue weighted by Gasteiger charge is -2.12. The van der Waals surface area contributed by atoms with Crippen molar-refractivity contribution in [1.82, 2.24) is 9.13 Å². The van der Waals surface area contributed by atoms with Gasteiger partial charge < -0.3 is 0 Å². The van der Waals surface area contributed by atoms with Crippen LogP contribution in [-0.2, 0) is 13.6 Å². The van der Waals surface area contributed by atoms with Crippen molar-refractivity contribution in [2.45, 2.75) is 6.54 Å². The number of para-hydroxylation sites is 1. The quantitative estimate of drug-likeness (QED) is 0.727. The molecule has 0 radical (unpaired) electrons. The van der Waals surface area contributed by atoms with Crippen molar-refractivity contribution in [1.29, 1.82) is 0 Å². The van der Waals surface area contributed by atoms with E-state index in [0.29, 0.717) is 10.9 Å². The molecule has 1 heterocycles. The zero-order valence-electron chi connectivity index (χ0n) is 11.7. The van der Waals surface area contributed by atoms with Crippen LogP contribution < -0.4 is 11.2 Å². The highest BCUT2D eigenvalue weighted by molar-refractivity contribution is 5.77. The number of fused-ring (bicyclic) bond motifs is 1. The molecule has 3 aromatic rings. The lowest BCUT2D eigenvalue weighted by molar-refractivity contribution is 0.571. The second kappa shape index (κ2) is 5.22. The molecule has 112 valence electrons. The number of aromatic nitrogens is 2. The van der Waals surface area contributed by atoms with Gasteiger partial charge in [0.1, 0.15) is 11.6 Å². The first-order valence-corrected chi connectivity index (χ1v) is 6.61. The van der Waals surface area contributed by atoms with Crippen LogP contribution in [0.4, 0.5) is 8.78 Å². The molecule has 0 aliphatic heterocycles. The van der Waals surface area contributed by atoms with Gasteiger partial charge in [-0.25, -0.2) is 13.6 Å². The topological polar surface area (TPSA) is 44.0 Å². The molecule has 3 rings (SSSR count). The Bertz CT molecular complexity index is 990. The van der Waals surface area contributed by atoms with E-state index in [9.17, 15) is 18.4 Å². The second-order valence-corrected chi connectivity index (χ2v) is 4.99. The summed E-state index contributed by atoms with van der Waals surface area (Å²) in [5.74, 6) is -1.19. The van der Waals surface area contributed by atoms with Crippen LogP contribution >= 0.6 is 0 Å². The van der Waals surface area contributed by atoms with Gasteiger partial charge in [0.15, 0.2) is 0 Å². The highest BCUT2D eigenvalue weighted by atomic mass is 19.1. The van der Waals surface area contributed by atoms with Gasteiger partial charge in [-0.1, -0.05) is 12.1 Å². The molecule has 0 unspecified atom stereocenters. The number of benzene rings is 2. The standard InChI is InChI=1S/C16H12F2N2O2/c1-19-15(21)12-4-2-3-5-14(12)20(16(19)22)9-10-8-11(17)6-7-13(10)18/h2-8H,9H2,1H3. The third-order valence-corrected chi connectivity index (χ3v) is 3.58. The molecule has 1 aromatic heterocycles. The zero-order chi connectivity index (χ0) is 15.9. The summed E-state index contributed by atoms with van der Waals surface area (Å²) in [6.07, 6.45) is 0. The molecule has 0 N–H and O–H groups in total. The summed E-state index contributed by atoms with van der Waals surface area (Å²) in [5, 5.41) is 0.349. The van der Waals surface area contributed by atoms with Crippen molar-refractivity contribution in [2.75, 3.05) is 0 Å². The van der Waals surface area contributed by atoms with Gasteiger partial charge in [-0.05, 0) is 30.3 Å². The first-order valence-electron chi connectivity index (χ1n) is 6.61. The van der Waals surface area contributed by atoms with Crippen molar-refractivity contribution in [3.05, 3.63) is 80.5 Å². The van der Waals surface area contributed by atoms with Crippen LogP contribution in [0.5, 0.6) is 0 Å². The lowest BCUT2D eigenvalue weighted by Crippen LogP contribution is -2.38. The highest BCUT2D eigenvalue weighted by Crippen LogP contribution is 2.14. The van der Waals surface area contributed by atoms with Crippen molar-refractivity contribution >= 4 is 10.9 Å². The molecular formula is C16H12F2N2O2. The molecule has 0 spiro atoms. The third-order valence-electron chi connectivity index (χ3n) is 3.58. The first kappa shape index (κ1) is 14.2. The van der Waals surface area contributed by atoms with Gasteiger partial charge in [0, 0.05) is 12.6 Å². The SMILES string of the molecule is Cn1c(=O)c2ccccc2n(Cc2cc(F)ccc2F)c1=O. The molecule has 6 heteroatoms. The summed E-state index contributed by atoms with van der Waals surface area (Å²) in [6.45, 7) is -0.156. The summed E-state index contributed by atoms with van der Waals surface area (Å²) in [4.78, 5) is 24.4. The predicted molar refractivity (Wildman–Crippen MR) is 78.9 cm³/mol. The van der Waals surface area contributed by atoms with Crippen LogP contribution in [0.15, 0.2) is 52.1 Å². The Hall–Kier alpha value is -2.76. The minimum Gasteiger partial charge on any atom is -0.289 e. The molecule has 0 saturated heterocycles. The molecular weight excluding hydrogens is 290 g/mol. The van der Waals surface area contributed by atoms with Crippen molar-refractivity contribution in [3.8, 4) is 0 Å². The van der Waals surface area contributed by atoms with Crippen LogP contribution in [0.3, 0.4) is 0 Å². The van der Waals surface area contributed by atoms with Crippen LogP contribution in [0.1, 0.15) is 5.56 Å². The molecule has 0 atom stereocenters. The van der Waals surface area contributed by atoms with E-state index in [-0.39, 0.29) is 12.1 Å². The van der Waals surface area contributed by atoms with Crippen LogP contribution in [0.25, 0.3) is 10.9 Å². The van der Waals surface area contributed by atoms with Gasteiger partial charge in [-0.2, -0.15) is 0 Å². The van der Waals surface area contributed by atoms with Crippen LogP contribution in [0, 0.1) is 11.6 Å². The largest absolute Gasteiger partial charge is 0.331 e. The Labute approximate surface area is 123 Å². The van der Waals surface area contributed by atoms with Crippen LogP contribution in [0.2, 0.25) is 0 Å². The molecule has 0 aliphatic carbocycles. The maximum absolute atomic E-state index is 13.8.